The van der Waals surface area contributed by atoms with Crippen molar-refractivity contribution >= 4 is 53.5 Å². The van der Waals surface area contributed by atoms with Crippen LogP contribution in [0.2, 0.25) is 0 Å². The Labute approximate surface area is 197 Å². The maximum absolute atomic E-state index is 14.1. The summed E-state index contributed by atoms with van der Waals surface area (Å²) in [6.45, 7) is -0.851. The van der Waals surface area contributed by atoms with E-state index in [1.54, 1.807) is 11.4 Å². The smallest absolute Gasteiger partial charge is 0.269 e. The molecule has 0 aliphatic heterocycles. The molecule has 0 unspecified atom stereocenters. The average molecular weight is 532 g/mol. The SMILES string of the molecule is O=C(NCCS(=O)(=O)O)c1cc(-c2ccc(F)c3ccsc23)cc(C(=O)NCCS(=O)(=O)O)n1. The van der Waals surface area contributed by atoms with Crippen LogP contribution in [-0.4, -0.2) is 67.3 Å². The molecule has 34 heavy (non-hydrogen) atoms. The number of amides is 2. The fourth-order valence-electron chi connectivity index (χ4n) is 2.94. The topological polar surface area (TPSA) is 180 Å². The molecule has 3 rings (SSSR count). The van der Waals surface area contributed by atoms with Gasteiger partial charge >= 0.3 is 0 Å². The van der Waals surface area contributed by atoms with Crippen molar-refractivity contribution in [1.82, 2.24) is 15.6 Å². The van der Waals surface area contributed by atoms with Crippen molar-refractivity contribution in [3.05, 3.63) is 52.9 Å². The molecule has 0 aliphatic carbocycles. The predicted molar refractivity (Wildman–Crippen MR) is 123 cm³/mol. The van der Waals surface area contributed by atoms with Crippen LogP contribution in [0.3, 0.4) is 0 Å². The summed E-state index contributed by atoms with van der Waals surface area (Å²) in [6, 6.07) is 6.91. The zero-order valence-electron chi connectivity index (χ0n) is 17.2. The first-order chi connectivity index (χ1) is 15.8. The van der Waals surface area contributed by atoms with E-state index in [0.29, 0.717) is 21.2 Å². The number of fused-ring (bicyclic) bond motifs is 1. The molecule has 2 heterocycles. The molecule has 0 bridgehead atoms. The molecule has 0 atom stereocenters. The third-order valence-corrected chi connectivity index (χ3v) is 6.84. The molecule has 15 heteroatoms. The number of carbonyl (C=O) groups is 2. The molecule has 0 spiro atoms. The number of pyridine rings is 1. The van der Waals surface area contributed by atoms with Gasteiger partial charge in [-0.05, 0) is 40.8 Å². The summed E-state index contributed by atoms with van der Waals surface area (Å²) >= 11 is 1.23. The largest absolute Gasteiger partial charge is 0.350 e. The number of benzene rings is 1. The van der Waals surface area contributed by atoms with Gasteiger partial charge in [0, 0.05) is 23.2 Å². The van der Waals surface area contributed by atoms with Gasteiger partial charge in [-0.15, -0.1) is 11.3 Å². The predicted octanol–water partition coefficient (Wildman–Crippen LogP) is 1.34. The maximum atomic E-state index is 14.1. The summed E-state index contributed by atoms with van der Waals surface area (Å²) in [4.78, 5) is 29.1. The summed E-state index contributed by atoms with van der Waals surface area (Å²) in [7, 11) is -8.64. The van der Waals surface area contributed by atoms with Crippen molar-refractivity contribution < 1.29 is 39.9 Å². The van der Waals surface area contributed by atoms with Crippen LogP contribution in [-0.2, 0) is 20.2 Å². The molecule has 0 aliphatic rings. The summed E-state index contributed by atoms with van der Waals surface area (Å²) in [6.07, 6.45) is 0. The second-order valence-electron chi connectivity index (χ2n) is 6.97. The Balaban J connectivity index is 1.99. The summed E-state index contributed by atoms with van der Waals surface area (Å²) in [5.74, 6) is -3.63. The first-order valence-corrected chi connectivity index (χ1v) is 13.6. The Hall–Kier alpha value is -2.98. The molecule has 0 saturated heterocycles. The van der Waals surface area contributed by atoms with E-state index in [1.807, 2.05) is 0 Å². The third kappa shape index (κ3) is 6.77. The van der Waals surface area contributed by atoms with Gasteiger partial charge in [0.2, 0.25) is 0 Å². The van der Waals surface area contributed by atoms with E-state index in [9.17, 15) is 30.8 Å². The zero-order valence-corrected chi connectivity index (χ0v) is 19.6. The number of aromatic nitrogens is 1. The van der Waals surface area contributed by atoms with Gasteiger partial charge in [-0.2, -0.15) is 16.8 Å². The maximum Gasteiger partial charge on any atom is 0.269 e. The standard InChI is InChI=1S/C19H18FN3O8S3/c20-14-2-1-12(17-13(14)3-6-32-17)11-9-15(18(24)21-4-7-33(26,27)28)23-16(10-11)19(25)22-5-8-34(29,30)31/h1-3,6,9-10H,4-5,7-8H2,(H,21,24)(H,22,25)(H,26,27,28)(H,29,30,31). The Kier molecular flexibility index (Phi) is 7.62. The van der Waals surface area contributed by atoms with Gasteiger partial charge in [-0.1, -0.05) is 6.07 Å². The van der Waals surface area contributed by atoms with E-state index in [0.717, 1.165) is 0 Å². The minimum Gasteiger partial charge on any atom is -0.350 e. The molecule has 4 N–H and O–H groups in total. The number of thiophene rings is 1. The molecular weight excluding hydrogens is 513 g/mol. The van der Waals surface area contributed by atoms with E-state index in [4.69, 9.17) is 9.11 Å². The van der Waals surface area contributed by atoms with E-state index >= 15 is 0 Å². The van der Waals surface area contributed by atoms with Crippen molar-refractivity contribution in [3.63, 3.8) is 0 Å². The number of hydrogen-bond acceptors (Lipinski definition) is 8. The lowest BCUT2D eigenvalue weighted by Crippen LogP contribution is -2.32. The number of carbonyl (C=O) groups excluding carboxylic acids is 2. The van der Waals surface area contributed by atoms with Crippen LogP contribution in [0.1, 0.15) is 21.0 Å². The van der Waals surface area contributed by atoms with Crippen LogP contribution in [0.25, 0.3) is 21.2 Å². The second-order valence-corrected chi connectivity index (χ2v) is 11.0. The highest BCUT2D eigenvalue weighted by Gasteiger charge is 2.19. The van der Waals surface area contributed by atoms with Crippen molar-refractivity contribution in [3.8, 4) is 11.1 Å². The molecule has 0 saturated carbocycles. The molecule has 2 aromatic heterocycles. The van der Waals surface area contributed by atoms with Crippen molar-refractivity contribution in [2.24, 2.45) is 0 Å². The second kappa shape index (κ2) is 10.1. The minimum atomic E-state index is -4.32. The minimum absolute atomic E-state index is 0.276. The van der Waals surface area contributed by atoms with Gasteiger partial charge in [0.05, 0.1) is 11.5 Å². The number of rotatable bonds is 9. The van der Waals surface area contributed by atoms with Crippen LogP contribution in [0.15, 0.2) is 35.7 Å². The lowest BCUT2D eigenvalue weighted by Gasteiger charge is -2.11. The van der Waals surface area contributed by atoms with E-state index in [2.05, 4.69) is 15.6 Å². The molecule has 3 aromatic rings. The first-order valence-electron chi connectivity index (χ1n) is 9.49. The Morgan fingerprint density at radius 3 is 1.94 bits per heavy atom. The van der Waals surface area contributed by atoms with Crippen molar-refractivity contribution in [2.75, 3.05) is 24.6 Å². The summed E-state index contributed by atoms with van der Waals surface area (Å²) < 4.78 is 75.8. The highest BCUT2D eigenvalue weighted by atomic mass is 32.2. The quantitative estimate of drug-likeness (QED) is 0.296. The number of nitrogens with one attached hydrogen (secondary N) is 2. The van der Waals surface area contributed by atoms with Gasteiger partial charge in [-0.3, -0.25) is 18.7 Å². The van der Waals surface area contributed by atoms with Crippen LogP contribution in [0.4, 0.5) is 4.39 Å². The normalized spacial score (nSPS) is 12.0. The molecule has 182 valence electrons. The van der Waals surface area contributed by atoms with Crippen molar-refractivity contribution in [2.45, 2.75) is 0 Å². The third-order valence-electron chi connectivity index (χ3n) is 4.46. The van der Waals surface area contributed by atoms with Gasteiger partial charge in [0.1, 0.15) is 17.2 Å². The Morgan fingerprint density at radius 2 is 1.44 bits per heavy atom. The van der Waals surface area contributed by atoms with Gasteiger partial charge in [-0.25, -0.2) is 9.37 Å². The van der Waals surface area contributed by atoms with Crippen LogP contribution in [0.5, 0.6) is 0 Å². The Bertz CT molecular complexity index is 1400. The fraction of sp³-hybridized carbons (Fsp3) is 0.211. The first kappa shape index (κ1) is 25.6. The molecule has 11 nitrogen and oxygen atoms in total. The van der Waals surface area contributed by atoms with Crippen molar-refractivity contribution in [1.29, 1.82) is 0 Å². The van der Waals surface area contributed by atoms with Gasteiger partial charge in [0.15, 0.2) is 0 Å². The molecule has 0 radical (unpaired) electrons. The summed E-state index contributed by atoms with van der Waals surface area (Å²) in [5, 5.41) is 6.53. The number of halogens is 1. The lowest BCUT2D eigenvalue weighted by molar-refractivity contribution is 0.0947. The van der Waals surface area contributed by atoms with Gasteiger partial charge < -0.3 is 10.6 Å². The Morgan fingerprint density at radius 1 is 0.912 bits per heavy atom. The van der Waals surface area contributed by atoms with E-state index in [1.165, 1.54) is 35.6 Å². The van der Waals surface area contributed by atoms with Gasteiger partial charge in [0.25, 0.3) is 32.1 Å². The monoisotopic (exact) mass is 531 g/mol. The number of nitrogens with zero attached hydrogens (tertiary/aromatic N) is 1. The molecular formula is C19H18FN3O8S3. The molecule has 2 amide bonds. The zero-order chi connectivity index (χ0) is 25.1. The molecule has 1 aromatic carbocycles. The van der Waals surface area contributed by atoms with E-state index < -0.39 is 62.5 Å². The van der Waals surface area contributed by atoms with Crippen LogP contribution < -0.4 is 10.6 Å². The lowest BCUT2D eigenvalue weighted by atomic mass is 10.0. The van der Waals surface area contributed by atoms with E-state index in [-0.39, 0.29) is 11.4 Å². The highest BCUT2D eigenvalue weighted by Crippen LogP contribution is 2.34. The highest BCUT2D eigenvalue weighted by molar-refractivity contribution is 7.86. The summed E-state index contributed by atoms with van der Waals surface area (Å²) in [5.41, 5.74) is 0.263. The number of hydrogen-bond donors (Lipinski definition) is 4. The van der Waals surface area contributed by atoms with Crippen LogP contribution in [0, 0.1) is 5.82 Å². The fourth-order valence-corrected chi connectivity index (χ4v) is 4.61. The average Bonchev–Trinajstić information content (AvgIpc) is 3.22. The molecule has 0 fully saturated rings. The van der Waals surface area contributed by atoms with Crippen LogP contribution >= 0.6 is 11.3 Å².